The van der Waals surface area contributed by atoms with Crippen LogP contribution in [0, 0.1) is 47.3 Å². The van der Waals surface area contributed by atoms with Crippen LogP contribution >= 0.6 is 12.6 Å². The maximum atomic E-state index is 5.57. The van der Waals surface area contributed by atoms with E-state index in [4.69, 9.17) is 11.5 Å². The molecule has 1 aliphatic rings. The first kappa shape index (κ1) is 79.4. The Kier molecular flexibility index (Phi) is 97.4. The van der Waals surface area contributed by atoms with E-state index < -0.39 is 0 Å². The van der Waals surface area contributed by atoms with Crippen molar-refractivity contribution >= 4 is 12.6 Å². The molecule has 370 valence electrons. The van der Waals surface area contributed by atoms with Crippen LogP contribution in [0.25, 0.3) is 0 Å². The van der Waals surface area contributed by atoms with E-state index in [0.717, 1.165) is 60.3 Å². The smallest absolute Gasteiger partial charge is 0.00130 e. The van der Waals surface area contributed by atoms with Gasteiger partial charge in [-0.1, -0.05) is 229 Å². The molecule has 0 aliphatic carbocycles. The molecule has 0 spiro atoms. The predicted octanol–water partition coefficient (Wildman–Crippen LogP) is 18.8. The van der Waals surface area contributed by atoms with Crippen molar-refractivity contribution in [2.45, 2.75) is 268 Å². The number of likely N-dealkylation sites (tertiary alicyclic amines) is 1. The summed E-state index contributed by atoms with van der Waals surface area (Å²) >= 11 is 3.53. The van der Waals surface area contributed by atoms with E-state index in [1.165, 1.54) is 116 Å². The van der Waals surface area contributed by atoms with E-state index in [2.05, 4.69) is 156 Å². The van der Waals surface area contributed by atoms with E-state index in [1.54, 1.807) is 6.26 Å². The molecule has 1 rings (SSSR count). The topological polar surface area (TPSA) is 55.3 Å². The van der Waals surface area contributed by atoms with Gasteiger partial charge >= 0.3 is 0 Å². The fraction of sp³-hybridized carbons (Fsp3) is 0.964. The Morgan fingerprint density at radius 3 is 1.36 bits per heavy atom. The van der Waals surface area contributed by atoms with Crippen molar-refractivity contribution in [3.8, 4) is 0 Å². The van der Waals surface area contributed by atoms with Gasteiger partial charge < -0.3 is 16.4 Å². The van der Waals surface area contributed by atoms with Crippen molar-refractivity contribution < 1.29 is 0 Å². The normalized spacial score (nSPS) is 16.7. The molecule has 0 amide bonds. The molecule has 0 saturated carbocycles. The molecule has 59 heavy (non-hydrogen) atoms. The number of thiol groups is 1. The summed E-state index contributed by atoms with van der Waals surface area (Å²) in [4.78, 5) is 2.65. The number of unbranched alkanes of at least 4 members (excludes halogenated alkanes) is 3. The third-order valence-corrected chi connectivity index (χ3v) is 10.6. The highest BCUT2D eigenvalue weighted by molar-refractivity contribution is 7.79. The molecule has 1 aliphatic heterocycles. The van der Waals surface area contributed by atoms with Gasteiger partial charge in [0.05, 0.1) is 0 Å². The zero-order valence-electron chi connectivity index (χ0n) is 46.7. The average Bonchev–Trinajstić information content (AvgIpc) is 3.23. The van der Waals surface area contributed by atoms with Crippen molar-refractivity contribution in [1.29, 1.82) is 0 Å². The van der Waals surface area contributed by atoms with Crippen molar-refractivity contribution in [1.82, 2.24) is 4.90 Å². The fourth-order valence-corrected chi connectivity index (χ4v) is 5.48. The first-order chi connectivity index (χ1) is 27.9. The molecule has 1 fully saturated rings. The minimum Gasteiger partial charge on any atom is -0.330 e. The zero-order valence-corrected chi connectivity index (χ0v) is 47.6. The van der Waals surface area contributed by atoms with Gasteiger partial charge in [0.1, 0.15) is 0 Å². The molecule has 0 aromatic heterocycles. The van der Waals surface area contributed by atoms with Gasteiger partial charge in [-0.15, -0.1) is 6.58 Å². The maximum absolute atomic E-state index is 5.57. The zero-order chi connectivity index (χ0) is 48.6. The maximum Gasteiger partial charge on any atom is 0.00130 e. The van der Waals surface area contributed by atoms with Gasteiger partial charge in [0.15, 0.2) is 0 Å². The molecule has 0 aromatic rings. The van der Waals surface area contributed by atoms with E-state index >= 15 is 0 Å². The van der Waals surface area contributed by atoms with Crippen molar-refractivity contribution in [3.63, 3.8) is 0 Å². The second kappa shape index (κ2) is 72.4. The molecule has 1 heterocycles. The van der Waals surface area contributed by atoms with E-state index in [0.29, 0.717) is 6.04 Å². The number of piperidine rings is 1. The minimum atomic E-state index is 0.380. The standard InChI is InChI=1S/C12H25N.C9H20.C9H18.C7H17N.C6H15N.C4H10.C3H8.2C2H6.CH4S/c1-5-10(2)8-13-7-6-11(3)12(4)9-13;1-5-7-9(4)8(3)6-2;1-4-5-6-7-8-9(2)3;1-4-6(2)5-7(3)8;1-3-4-6(2)5-7;1-3-4-2;1-3-2;3*1-2/h10-12H,5-9H2,1-4H3;8-9H,5-7H2,1-4H3;4,9H,1,5-8H2,2-3H3;6-7H,4-5,8H2,1-3H3;6H,3-5,7H2,1-2H3;3-4H2,1-2H3;3H2,1-2H3;2*1-2H3;2H,1H3. The van der Waals surface area contributed by atoms with Crippen LogP contribution in [0.4, 0.5) is 0 Å². The summed E-state index contributed by atoms with van der Waals surface area (Å²) < 4.78 is 0. The summed E-state index contributed by atoms with van der Waals surface area (Å²) in [5.41, 5.74) is 10.9. The van der Waals surface area contributed by atoms with Crippen molar-refractivity contribution in [2.24, 2.45) is 58.8 Å². The number of nitrogens with two attached hydrogens (primary N) is 2. The van der Waals surface area contributed by atoms with E-state index in [9.17, 15) is 0 Å². The highest BCUT2D eigenvalue weighted by Gasteiger charge is 2.23. The third-order valence-electron chi connectivity index (χ3n) is 10.6. The summed E-state index contributed by atoms with van der Waals surface area (Å²) in [6.45, 7) is 59.2. The van der Waals surface area contributed by atoms with E-state index in [1.807, 2.05) is 33.8 Å². The quantitative estimate of drug-likeness (QED) is 0.0689. The van der Waals surface area contributed by atoms with Gasteiger partial charge in [-0.2, -0.15) is 12.6 Å². The number of rotatable bonds is 19. The summed E-state index contributed by atoms with van der Waals surface area (Å²) in [6, 6.07) is 0.380. The number of hydrogen-bond acceptors (Lipinski definition) is 4. The second-order valence-corrected chi connectivity index (χ2v) is 17.7. The third kappa shape index (κ3) is 85.9. The van der Waals surface area contributed by atoms with Gasteiger partial charge in [0.25, 0.3) is 0 Å². The Labute approximate surface area is 387 Å². The summed E-state index contributed by atoms with van der Waals surface area (Å²) in [5.74, 6) is 6.96. The van der Waals surface area contributed by atoms with Crippen LogP contribution in [-0.4, -0.2) is 43.4 Å². The molecule has 4 heteroatoms. The Hall–Kier alpha value is -0.0300. The highest BCUT2D eigenvalue weighted by atomic mass is 32.1. The first-order valence-electron chi connectivity index (χ1n) is 26.2. The van der Waals surface area contributed by atoms with Crippen LogP contribution in [0.5, 0.6) is 0 Å². The lowest BCUT2D eigenvalue weighted by atomic mass is 9.88. The number of allylic oxidation sites excluding steroid dienone is 1. The number of nitrogens with zero attached hydrogens (tertiary/aromatic N) is 1. The molecule has 8 unspecified atom stereocenters. The molecule has 0 bridgehead atoms. The lowest BCUT2D eigenvalue weighted by Crippen LogP contribution is -2.40. The Bertz CT molecular complexity index is 622. The second-order valence-electron chi connectivity index (χ2n) is 17.7. The molecule has 1 saturated heterocycles. The van der Waals surface area contributed by atoms with Gasteiger partial charge in [-0.05, 0) is 106 Å². The van der Waals surface area contributed by atoms with Crippen LogP contribution in [0.15, 0.2) is 12.7 Å². The van der Waals surface area contributed by atoms with Crippen LogP contribution in [0.1, 0.15) is 262 Å². The van der Waals surface area contributed by atoms with Gasteiger partial charge in [-0.25, -0.2) is 0 Å². The monoisotopic (exact) mass is 864 g/mol. The molecule has 0 aromatic carbocycles. The van der Waals surface area contributed by atoms with E-state index in [-0.39, 0.29) is 0 Å². The molecule has 3 nitrogen and oxygen atoms in total. The molecule has 0 radical (unpaired) electrons. The average molecular weight is 865 g/mol. The fourth-order valence-electron chi connectivity index (χ4n) is 5.48. The minimum absolute atomic E-state index is 0.380. The Morgan fingerprint density at radius 2 is 1.08 bits per heavy atom. The van der Waals surface area contributed by atoms with Crippen LogP contribution in [0.3, 0.4) is 0 Å². The largest absolute Gasteiger partial charge is 0.330 e. The Morgan fingerprint density at radius 1 is 0.627 bits per heavy atom. The lowest BCUT2D eigenvalue weighted by Gasteiger charge is -2.36. The summed E-state index contributed by atoms with van der Waals surface area (Å²) in [6.07, 6.45) is 24.6. The van der Waals surface area contributed by atoms with Crippen molar-refractivity contribution in [2.75, 3.05) is 32.4 Å². The van der Waals surface area contributed by atoms with Crippen molar-refractivity contribution in [3.05, 3.63) is 12.7 Å². The van der Waals surface area contributed by atoms with Gasteiger partial charge in [0.2, 0.25) is 0 Å². The van der Waals surface area contributed by atoms with Crippen LogP contribution in [0.2, 0.25) is 0 Å². The molecule has 4 N–H and O–H groups in total. The first-order valence-corrected chi connectivity index (χ1v) is 27.1. The SMILES string of the molecule is C=CCCCCC(C)C.CC.CC.CCC.CCC(C)CC(C)N.CCC(C)CN1CCC(C)C(C)C1.CCCC.CCCC(C)C(C)CC.CCCC(C)CN.CS. The molecular weight excluding hydrogens is 735 g/mol. The lowest BCUT2D eigenvalue weighted by molar-refractivity contribution is 0.122. The predicted molar refractivity (Wildman–Crippen MR) is 291 cm³/mol. The summed E-state index contributed by atoms with van der Waals surface area (Å²) in [5, 5.41) is 0. The highest BCUT2D eigenvalue weighted by Crippen LogP contribution is 2.23. The van der Waals surface area contributed by atoms with Crippen LogP contribution < -0.4 is 11.5 Å². The summed E-state index contributed by atoms with van der Waals surface area (Å²) in [7, 11) is 0. The van der Waals surface area contributed by atoms with Crippen LogP contribution in [-0.2, 0) is 0 Å². The molecule has 8 atom stereocenters. The van der Waals surface area contributed by atoms with Gasteiger partial charge in [0, 0.05) is 19.1 Å². The number of hydrogen-bond donors (Lipinski definition) is 3. The molecular formula is C55H129N3S. The Balaban J connectivity index is -0.0000000713. The van der Waals surface area contributed by atoms with Gasteiger partial charge in [-0.3, -0.25) is 0 Å².